The average Bonchev–Trinajstić information content (AvgIpc) is 3.13. The molecule has 104 valence electrons. The van der Waals surface area contributed by atoms with Crippen LogP contribution in [0.1, 0.15) is 11.4 Å². The summed E-state index contributed by atoms with van der Waals surface area (Å²) in [6, 6.07) is 4.15. The monoisotopic (exact) mass is 304 g/mol. The van der Waals surface area contributed by atoms with Crippen LogP contribution < -0.4 is 0 Å². The molecule has 0 spiro atoms. The second-order valence-electron chi connectivity index (χ2n) is 4.69. The molecule has 4 aromatic heterocycles. The number of aromatic nitrogens is 4. The van der Waals surface area contributed by atoms with E-state index in [0.717, 1.165) is 11.2 Å². The van der Waals surface area contributed by atoms with Crippen molar-refractivity contribution in [1.82, 2.24) is 19.6 Å². The maximum Gasteiger partial charge on any atom is 0.103 e. The van der Waals surface area contributed by atoms with E-state index in [1.807, 2.05) is 36.4 Å². The molecule has 4 heterocycles. The average molecular weight is 304 g/mol. The van der Waals surface area contributed by atoms with Crippen molar-refractivity contribution in [1.29, 1.82) is 0 Å². The summed E-state index contributed by atoms with van der Waals surface area (Å²) in [6.45, 7) is 4.13. The predicted octanol–water partition coefficient (Wildman–Crippen LogP) is 3.89. The molecule has 0 bridgehead atoms. The lowest BCUT2D eigenvalue weighted by atomic mass is 10.4. The van der Waals surface area contributed by atoms with Gasteiger partial charge in [0.15, 0.2) is 0 Å². The van der Waals surface area contributed by atoms with Crippen LogP contribution in [0, 0.1) is 13.8 Å². The molecule has 0 aliphatic heterocycles. The molecule has 0 atom stereocenters. The predicted molar refractivity (Wildman–Crippen MR) is 86.7 cm³/mol. The van der Waals surface area contributed by atoms with E-state index in [4.69, 9.17) is 0 Å². The summed E-state index contributed by atoms with van der Waals surface area (Å²) < 4.78 is 6.45. The van der Waals surface area contributed by atoms with Crippen molar-refractivity contribution in [3.8, 4) is 0 Å². The SMILES string of the molecule is Cc1c2sccc2nn1C.Cc1nn(C)c2ccsc12. The van der Waals surface area contributed by atoms with Crippen molar-refractivity contribution < 1.29 is 0 Å². The maximum atomic E-state index is 4.30. The molecular formula is C14H16N4S2. The molecule has 20 heavy (non-hydrogen) atoms. The molecule has 0 aromatic carbocycles. The van der Waals surface area contributed by atoms with Crippen LogP contribution in [0.5, 0.6) is 0 Å². The minimum absolute atomic E-state index is 1.12. The Balaban J connectivity index is 0.000000121. The molecule has 0 fully saturated rings. The van der Waals surface area contributed by atoms with E-state index in [0.29, 0.717) is 0 Å². The topological polar surface area (TPSA) is 35.6 Å². The van der Waals surface area contributed by atoms with E-state index >= 15 is 0 Å². The highest BCUT2D eigenvalue weighted by Crippen LogP contribution is 2.23. The van der Waals surface area contributed by atoms with Gasteiger partial charge in [0.25, 0.3) is 0 Å². The lowest BCUT2D eigenvalue weighted by molar-refractivity contribution is 0.751. The van der Waals surface area contributed by atoms with Gasteiger partial charge in [-0.3, -0.25) is 9.36 Å². The summed E-state index contributed by atoms with van der Waals surface area (Å²) in [5.41, 5.74) is 4.74. The smallest absolute Gasteiger partial charge is 0.103 e. The van der Waals surface area contributed by atoms with Crippen molar-refractivity contribution in [3.63, 3.8) is 0 Å². The van der Waals surface area contributed by atoms with E-state index in [-0.39, 0.29) is 0 Å². The fourth-order valence-electron chi connectivity index (χ4n) is 2.19. The number of rotatable bonds is 0. The standard InChI is InChI=1S/2C7H8N2S/c1-5-7-6(3-4-10-7)8-9(5)2;1-5-7-6(3-4-10-7)9(2)8-5/h2*3-4H,1-2H3. The largest absolute Gasteiger partial charge is 0.271 e. The molecule has 6 heteroatoms. The third-order valence-electron chi connectivity index (χ3n) is 3.34. The molecule has 4 nitrogen and oxygen atoms in total. The molecule has 0 saturated carbocycles. The minimum Gasteiger partial charge on any atom is -0.271 e. The first-order valence-electron chi connectivity index (χ1n) is 6.31. The fourth-order valence-corrected chi connectivity index (χ4v) is 3.92. The van der Waals surface area contributed by atoms with Crippen LogP contribution >= 0.6 is 22.7 Å². The summed E-state index contributed by atoms with van der Waals surface area (Å²) >= 11 is 3.50. The normalized spacial score (nSPS) is 11.0. The van der Waals surface area contributed by atoms with Gasteiger partial charge in [-0.15, -0.1) is 22.7 Å². The van der Waals surface area contributed by atoms with E-state index in [9.17, 15) is 0 Å². The Morgan fingerprint density at radius 3 is 2.30 bits per heavy atom. The lowest BCUT2D eigenvalue weighted by Crippen LogP contribution is -1.91. The number of nitrogens with zero attached hydrogens (tertiary/aromatic N) is 4. The van der Waals surface area contributed by atoms with Crippen molar-refractivity contribution in [2.45, 2.75) is 13.8 Å². The van der Waals surface area contributed by atoms with Crippen LogP contribution in [0.25, 0.3) is 20.4 Å². The Bertz CT molecular complexity index is 830. The van der Waals surface area contributed by atoms with Crippen molar-refractivity contribution in [3.05, 3.63) is 34.3 Å². The molecule has 0 saturated heterocycles. The highest BCUT2D eigenvalue weighted by atomic mass is 32.1. The number of hydrogen-bond donors (Lipinski definition) is 0. The number of aryl methyl sites for hydroxylation is 4. The third kappa shape index (κ3) is 2.14. The zero-order chi connectivity index (χ0) is 14.3. The Morgan fingerprint density at radius 2 is 1.60 bits per heavy atom. The second-order valence-corrected chi connectivity index (χ2v) is 6.52. The summed E-state index contributed by atoms with van der Waals surface area (Å²) in [5, 5.41) is 12.7. The van der Waals surface area contributed by atoms with Gasteiger partial charge in [-0.1, -0.05) is 0 Å². The van der Waals surface area contributed by atoms with Crippen LogP contribution in [-0.2, 0) is 14.1 Å². The molecule has 0 aliphatic carbocycles. The maximum absolute atomic E-state index is 4.30. The van der Waals surface area contributed by atoms with E-state index in [1.54, 1.807) is 22.7 Å². The van der Waals surface area contributed by atoms with Crippen molar-refractivity contribution >= 4 is 43.1 Å². The van der Waals surface area contributed by atoms with Gasteiger partial charge in [-0.2, -0.15) is 10.2 Å². The quantitative estimate of drug-likeness (QED) is 0.494. The first-order chi connectivity index (χ1) is 9.58. The molecule has 4 aromatic rings. The summed E-state index contributed by atoms with van der Waals surface area (Å²) in [7, 11) is 3.95. The lowest BCUT2D eigenvalue weighted by Gasteiger charge is -1.89. The zero-order valence-electron chi connectivity index (χ0n) is 11.9. The second kappa shape index (κ2) is 5.03. The molecule has 0 aliphatic rings. The van der Waals surface area contributed by atoms with Gasteiger partial charge >= 0.3 is 0 Å². The van der Waals surface area contributed by atoms with Crippen molar-refractivity contribution in [2.75, 3.05) is 0 Å². The third-order valence-corrected chi connectivity index (χ3v) is 5.36. The highest BCUT2D eigenvalue weighted by Gasteiger charge is 2.04. The number of hydrogen-bond acceptors (Lipinski definition) is 4. The first-order valence-corrected chi connectivity index (χ1v) is 8.07. The summed E-state index contributed by atoms with van der Waals surface area (Å²) in [4.78, 5) is 0. The van der Waals surface area contributed by atoms with Crippen LogP contribution in [0.3, 0.4) is 0 Å². The summed E-state index contributed by atoms with van der Waals surface area (Å²) in [6.07, 6.45) is 0. The van der Waals surface area contributed by atoms with Gasteiger partial charge in [0.2, 0.25) is 0 Å². The Morgan fingerprint density at radius 1 is 0.900 bits per heavy atom. The number of fused-ring (bicyclic) bond motifs is 2. The van der Waals surface area contributed by atoms with E-state index in [2.05, 4.69) is 33.9 Å². The van der Waals surface area contributed by atoms with Gasteiger partial charge in [-0.05, 0) is 36.7 Å². The Hall–Kier alpha value is -1.66. The summed E-state index contributed by atoms with van der Waals surface area (Å²) in [5.74, 6) is 0. The fraction of sp³-hybridized carbons (Fsp3) is 0.286. The first kappa shape index (κ1) is 13.3. The molecular weight excluding hydrogens is 288 g/mol. The van der Waals surface area contributed by atoms with Crippen LogP contribution in [0.2, 0.25) is 0 Å². The van der Waals surface area contributed by atoms with Gasteiger partial charge in [-0.25, -0.2) is 0 Å². The molecule has 0 radical (unpaired) electrons. The van der Waals surface area contributed by atoms with Crippen LogP contribution in [0.15, 0.2) is 22.9 Å². The minimum atomic E-state index is 1.12. The molecule has 0 amide bonds. The molecule has 0 unspecified atom stereocenters. The van der Waals surface area contributed by atoms with Gasteiger partial charge < -0.3 is 0 Å². The molecule has 4 rings (SSSR count). The molecule has 0 N–H and O–H groups in total. The van der Waals surface area contributed by atoms with E-state index in [1.165, 1.54) is 20.6 Å². The Kier molecular flexibility index (Phi) is 3.35. The number of thiophene rings is 2. The van der Waals surface area contributed by atoms with Gasteiger partial charge in [0.1, 0.15) is 5.52 Å². The van der Waals surface area contributed by atoms with Crippen LogP contribution in [-0.4, -0.2) is 19.6 Å². The Labute approximate surface area is 125 Å². The van der Waals surface area contributed by atoms with Gasteiger partial charge in [0, 0.05) is 14.1 Å². The van der Waals surface area contributed by atoms with E-state index < -0.39 is 0 Å². The van der Waals surface area contributed by atoms with Crippen LogP contribution in [0.4, 0.5) is 0 Å². The van der Waals surface area contributed by atoms with Crippen molar-refractivity contribution in [2.24, 2.45) is 14.1 Å². The highest BCUT2D eigenvalue weighted by molar-refractivity contribution is 7.17. The zero-order valence-corrected chi connectivity index (χ0v) is 13.5. The van der Waals surface area contributed by atoms with Gasteiger partial charge in [0.05, 0.1) is 26.3 Å².